The monoisotopic (exact) mass is 463 g/mol. The fourth-order valence-electron chi connectivity index (χ4n) is 4.69. The molecule has 34 heavy (non-hydrogen) atoms. The summed E-state index contributed by atoms with van der Waals surface area (Å²) in [5, 5.41) is 2.44. The molecule has 0 aliphatic carbocycles. The highest BCUT2D eigenvalue weighted by atomic mass is 32.1. The van der Waals surface area contributed by atoms with Crippen molar-refractivity contribution < 1.29 is 0 Å². The number of nitrogens with two attached hydrogens (primary N) is 1. The standard InChI is InChI=1S/C32H33NS/c1-31(2,3)22-17-21(18-23(19-22)32(4,5)6)24-13-10-14-26-28(24)29-27(34-26)16-15-25(30(29)33)20-11-8-7-9-12-20/h7-19H,33H2,1-6H3. The number of rotatable bonds is 2. The Morgan fingerprint density at radius 3 is 1.79 bits per heavy atom. The predicted molar refractivity (Wildman–Crippen MR) is 152 cm³/mol. The highest BCUT2D eigenvalue weighted by Crippen LogP contribution is 2.46. The molecule has 0 saturated carbocycles. The Labute approximate surface area is 207 Å². The first-order valence-electron chi connectivity index (χ1n) is 12.0. The molecule has 5 rings (SSSR count). The van der Waals surface area contributed by atoms with Crippen molar-refractivity contribution in [2.75, 3.05) is 5.73 Å². The van der Waals surface area contributed by atoms with Crippen LogP contribution < -0.4 is 5.73 Å². The van der Waals surface area contributed by atoms with Crippen molar-refractivity contribution >= 4 is 37.2 Å². The van der Waals surface area contributed by atoms with Crippen LogP contribution in [0.1, 0.15) is 52.7 Å². The van der Waals surface area contributed by atoms with E-state index in [-0.39, 0.29) is 10.8 Å². The molecular formula is C32H33NS. The van der Waals surface area contributed by atoms with Gasteiger partial charge in [-0.05, 0) is 50.8 Å². The molecular weight excluding hydrogens is 430 g/mol. The van der Waals surface area contributed by atoms with Gasteiger partial charge < -0.3 is 5.73 Å². The summed E-state index contributed by atoms with van der Waals surface area (Å²) in [5.74, 6) is 0. The Morgan fingerprint density at radius 1 is 0.559 bits per heavy atom. The third-order valence-electron chi connectivity index (χ3n) is 6.76. The molecule has 0 bridgehead atoms. The van der Waals surface area contributed by atoms with Crippen molar-refractivity contribution in [3.63, 3.8) is 0 Å². The molecule has 0 aliphatic rings. The zero-order chi connectivity index (χ0) is 24.3. The van der Waals surface area contributed by atoms with E-state index in [1.54, 1.807) is 0 Å². The van der Waals surface area contributed by atoms with Gasteiger partial charge in [-0.1, -0.05) is 108 Å². The first kappa shape index (κ1) is 22.7. The van der Waals surface area contributed by atoms with Gasteiger partial charge in [-0.15, -0.1) is 11.3 Å². The van der Waals surface area contributed by atoms with Gasteiger partial charge in [-0.3, -0.25) is 0 Å². The van der Waals surface area contributed by atoms with E-state index in [4.69, 9.17) is 5.73 Å². The van der Waals surface area contributed by atoms with Gasteiger partial charge in [0, 0.05) is 31.4 Å². The van der Waals surface area contributed by atoms with Crippen LogP contribution in [-0.4, -0.2) is 0 Å². The smallest absolute Gasteiger partial charge is 0.0488 e. The molecule has 4 aromatic carbocycles. The molecule has 1 heterocycles. The lowest BCUT2D eigenvalue weighted by molar-refractivity contribution is 0.569. The average molecular weight is 464 g/mol. The van der Waals surface area contributed by atoms with Crippen molar-refractivity contribution in [2.45, 2.75) is 52.4 Å². The lowest BCUT2D eigenvalue weighted by Crippen LogP contribution is -2.16. The normalized spacial score (nSPS) is 12.5. The summed E-state index contributed by atoms with van der Waals surface area (Å²) in [4.78, 5) is 0. The number of anilines is 1. The largest absolute Gasteiger partial charge is 0.398 e. The van der Waals surface area contributed by atoms with E-state index < -0.39 is 0 Å². The van der Waals surface area contributed by atoms with Crippen LogP contribution in [0.2, 0.25) is 0 Å². The van der Waals surface area contributed by atoms with Gasteiger partial charge in [0.15, 0.2) is 0 Å². The number of benzene rings is 4. The number of hydrogen-bond acceptors (Lipinski definition) is 2. The second-order valence-electron chi connectivity index (χ2n) is 11.3. The number of hydrogen-bond donors (Lipinski definition) is 1. The summed E-state index contributed by atoms with van der Waals surface area (Å²) in [7, 11) is 0. The molecule has 0 fully saturated rings. The van der Waals surface area contributed by atoms with Gasteiger partial charge >= 0.3 is 0 Å². The van der Waals surface area contributed by atoms with E-state index in [0.717, 1.165) is 16.8 Å². The van der Waals surface area contributed by atoms with E-state index >= 15 is 0 Å². The van der Waals surface area contributed by atoms with Crippen LogP contribution in [0.4, 0.5) is 5.69 Å². The number of fused-ring (bicyclic) bond motifs is 3. The molecule has 172 valence electrons. The molecule has 0 saturated heterocycles. The first-order chi connectivity index (χ1) is 16.0. The molecule has 5 aromatic rings. The Balaban J connectivity index is 1.84. The highest BCUT2D eigenvalue weighted by Gasteiger charge is 2.22. The molecule has 0 aliphatic heterocycles. The van der Waals surface area contributed by atoms with Crippen LogP contribution in [0, 0.1) is 0 Å². The van der Waals surface area contributed by atoms with Crippen molar-refractivity contribution in [3.05, 3.63) is 90.0 Å². The van der Waals surface area contributed by atoms with Crippen LogP contribution >= 0.6 is 11.3 Å². The molecule has 0 unspecified atom stereocenters. The van der Waals surface area contributed by atoms with E-state index in [0.29, 0.717) is 0 Å². The molecule has 1 aromatic heterocycles. The Hall–Kier alpha value is -3.10. The summed E-state index contributed by atoms with van der Waals surface area (Å²) < 4.78 is 2.52. The van der Waals surface area contributed by atoms with Crippen molar-refractivity contribution in [1.82, 2.24) is 0 Å². The first-order valence-corrected chi connectivity index (χ1v) is 12.8. The van der Waals surface area contributed by atoms with Crippen LogP contribution in [0.25, 0.3) is 42.4 Å². The third-order valence-corrected chi connectivity index (χ3v) is 7.88. The maximum atomic E-state index is 6.91. The minimum atomic E-state index is 0.0696. The molecule has 2 heteroatoms. The van der Waals surface area contributed by atoms with Crippen molar-refractivity contribution in [1.29, 1.82) is 0 Å². The lowest BCUT2D eigenvalue weighted by atomic mass is 9.78. The summed E-state index contributed by atoms with van der Waals surface area (Å²) in [5.41, 5.74) is 15.4. The van der Waals surface area contributed by atoms with Gasteiger partial charge in [-0.25, -0.2) is 0 Å². The van der Waals surface area contributed by atoms with E-state index in [1.165, 1.54) is 42.4 Å². The summed E-state index contributed by atoms with van der Waals surface area (Å²) in [6.45, 7) is 13.8. The Bertz CT molecular complexity index is 1480. The SMILES string of the molecule is CC(C)(C)c1cc(-c2cccc3sc4ccc(-c5ccccc5)c(N)c4c23)cc(C(C)(C)C)c1. The van der Waals surface area contributed by atoms with Gasteiger partial charge in [0.1, 0.15) is 0 Å². The molecule has 0 radical (unpaired) electrons. The van der Waals surface area contributed by atoms with E-state index in [1.807, 2.05) is 17.4 Å². The van der Waals surface area contributed by atoms with E-state index in [9.17, 15) is 0 Å². The maximum absolute atomic E-state index is 6.91. The zero-order valence-electron chi connectivity index (χ0n) is 21.0. The lowest BCUT2D eigenvalue weighted by Gasteiger charge is -2.26. The number of nitrogen functional groups attached to an aromatic ring is 1. The fourth-order valence-corrected chi connectivity index (χ4v) is 5.84. The topological polar surface area (TPSA) is 26.0 Å². The molecule has 2 N–H and O–H groups in total. The summed E-state index contributed by atoms with van der Waals surface area (Å²) >= 11 is 1.83. The molecule has 0 atom stereocenters. The summed E-state index contributed by atoms with van der Waals surface area (Å²) in [6.07, 6.45) is 0. The van der Waals surface area contributed by atoms with Crippen molar-refractivity contribution in [2.24, 2.45) is 0 Å². The second-order valence-corrected chi connectivity index (χ2v) is 12.4. The molecule has 0 spiro atoms. The van der Waals surface area contributed by atoms with Gasteiger partial charge in [-0.2, -0.15) is 0 Å². The van der Waals surface area contributed by atoms with Crippen molar-refractivity contribution in [3.8, 4) is 22.3 Å². The minimum Gasteiger partial charge on any atom is -0.398 e. The predicted octanol–water partition coefficient (Wildman–Crippen LogP) is 9.57. The Kier molecular flexibility index (Phi) is 5.33. The molecule has 0 amide bonds. The van der Waals surface area contributed by atoms with Gasteiger partial charge in [0.05, 0.1) is 0 Å². The fraction of sp³-hybridized carbons (Fsp3) is 0.250. The highest BCUT2D eigenvalue weighted by molar-refractivity contribution is 7.26. The third kappa shape index (κ3) is 3.91. The quantitative estimate of drug-likeness (QED) is 0.259. The van der Waals surface area contributed by atoms with Crippen LogP contribution in [-0.2, 0) is 10.8 Å². The minimum absolute atomic E-state index is 0.0696. The average Bonchev–Trinajstić information content (AvgIpc) is 3.18. The van der Waals surface area contributed by atoms with Crippen LogP contribution in [0.5, 0.6) is 0 Å². The number of thiophene rings is 1. The van der Waals surface area contributed by atoms with E-state index in [2.05, 4.69) is 114 Å². The van der Waals surface area contributed by atoms with Crippen LogP contribution in [0.3, 0.4) is 0 Å². The van der Waals surface area contributed by atoms with Gasteiger partial charge in [0.25, 0.3) is 0 Å². The zero-order valence-corrected chi connectivity index (χ0v) is 21.8. The van der Waals surface area contributed by atoms with Crippen LogP contribution in [0.15, 0.2) is 78.9 Å². The summed E-state index contributed by atoms with van der Waals surface area (Å²) in [6, 6.07) is 28.7. The molecule has 1 nitrogen and oxygen atoms in total. The maximum Gasteiger partial charge on any atom is 0.0488 e. The van der Waals surface area contributed by atoms with Gasteiger partial charge in [0.2, 0.25) is 0 Å². The second kappa shape index (κ2) is 7.99. The Morgan fingerprint density at radius 2 is 1.18 bits per heavy atom.